The smallest absolute Gasteiger partial charge is 0.308 e. The van der Waals surface area contributed by atoms with Crippen LogP contribution in [0.2, 0.25) is 0 Å². The van der Waals surface area contributed by atoms with Crippen molar-refractivity contribution in [3.05, 3.63) is 57.3 Å². The van der Waals surface area contributed by atoms with Gasteiger partial charge in [-0.15, -0.1) is 11.3 Å². The maximum absolute atomic E-state index is 13.2. The van der Waals surface area contributed by atoms with Crippen LogP contribution in [0.3, 0.4) is 0 Å². The number of carbonyl (C=O) groups is 1. The molecule has 2 rings (SSSR count). The number of benzene rings is 1. The summed E-state index contributed by atoms with van der Waals surface area (Å²) < 4.78 is 26.0. The molecule has 0 spiro atoms. The van der Waals surface area contributed by atoms with Crippen molar-refractivity contribution >= 4 is 17.3 Å². The van der Waals surface area contributed by atoms with Crippen LogP contribution in [0.5, 0.6) is 0 Å². The zero-order valence-corrected chi connectivity index (χ0v) is 12.2. The molecule has 0 saturated heterocycles. The van der Waals surface area contributed by atoms with E-state index in [0.717, 1.165) is 15.8 Å². The highest BCUT2D eigenvalue weighted by Gasteiger charge is 2.10. The number of nitrogens with one attached hydrogen (secondary N) is 1. The summed E-state index contributed by atoms with van der Waals surface area (Å²) in [7, 11) is 0. The summed E-state index contributed by atoms with van der Waals surface area (Å²) in [5.74, 6) is -2.57. The Morgan fingerprint density at radius 1 is 1.24 bits per heavy atom. The molecule has 1 unspecified atom stereocenters. The fraction of sp³-hybridized carbons (Fsp3) is 0.267. The topological polar surface area (TPSA) is 49.3 Å². The maximum atomic E-state index is 13.2. The quantitative estimate of drug-likeness (QED) is 0.858. The van der Waals surface area contributed by atoms with Crippen LogP contribution in [0, 0.1) is 11.6 Å². The number of halogens is 2. The highest BCUT2D eigenvalue weighted by molar-refractivity contribution is 7.12. The molecule has 0 bridgehead atoms. The van der Waals surface area contributed by atoms with E-state index in [9.17, 15) is 13.6 Å². The molecule has 1 heterocycles. The molecule has 0 saturated carbocycles. The minimum absolute atomic E-state index is 0.0173. The van der Waals surface area contributed by atoms with Crippen LogP contribution >= 0.6 is 11.3 Å². The molecule has 0 aliphatic heterocycles. The fourth-order valence-corrected chi connectivity index (χ4v) is 2.87. The monoisotopic (exact) mass is 311 g/mol. The summed E-state index contributed by atoms with van der Waals surface area (Å²) in [5, 5.41) is 11.9. The molecule has 0 aliphatic rings. The van der Waals surface area contributed by atoms with Crippen molar-refractivity contribution in [1.82, 2.24) is 5.32 Å². The summed E-state index contributed by atoms with van der Waals surface area (Å²) in [4.78, 5) is 12.4. The number of rotatable bonds is 6. The van der Waals surface area contributed by atoms with Crippen molar-refractivity contribution in [2.45, 2.75) is 25.9 Å². The van der Waals surface area contributed by atoms with Gasteiger partial charge in [0, 0.05) is 22.3 Å². The molecule has 3 nitrogen and oxygen atoms in total. The van der Waals surface area contributed by atoms with Crippen molar-refractivity contribution in [2.24, 2.45) is 0 Å². The molecule has 1 atom stereocenters. The zero-order chi connectivity index (χ0) is 15.4. The first kappa shape index (κ1) is 15.6. The summed E-state index contributed by atoms with van der Waals surface area (Å²) in [5.41, 5.74) is 0.663. The Morgan fingerprint density at radius 2 is 1.95 bits per heavy atom. The number of thiophene rings is 1. The zero-order valence-electron chi connectivity index (χ0n) is 11.4. The van der Waals surface area contributed by atoms with Gasteiger partial charge < -0.3 is 10.4 Å². The van der Waals surface area contributed by atoms with Crippen LogP contribution in [0.1, 0.15) is 28.3 Å². The van der Waals surface area contributed by atoms with Gasteiger partial charge in [-0.3, -0.25) is 4.79 Å². The van der Waals surface area contributed by atoms with E-state index in [4.69, 9.17) is 5.11 Å². The number of aliphatic carboxylic acids is 1. The second-order valence-electron chi connectivity index (χ2n) is 4.71. The van der Waals surface area contributed by atoms with E-state index >= 15 is 0 Å². The number of hydrogen-bond donors (Lipinski definition) is 2. The van der Waals surface area contributed by atoms with Gasteiger partial charge in [-0.05, 0) is 36.8 Å². The number of carboxylic acids is 1. The first-order valence-corrected chi connectivity index (χ1v) is 7.25. The first-order chi connectivity index (χ1) is 9.95. The molecule has 0 radical (unpaired) electrons. The van der Waals surface area contributed by atoms with Crippen LogP contribution in [0.25, 0.3) is 0 Å². The van der Waals surface area contributed by atoms with Gasteiger partial charge in [0.15, 0.2) is 11.6 Å². The first-order valence-electron chi connectivity index (χ1n) is 6.43. The van der Waals surface area contributed by atoms with Crippen LogP contribution < -0.4 is 5.32 Å². The Hall–Kier alpha value is -1.79. The van der Waals surface area contributed by atoms with Gasteiger partial charge in [0.1, 0.15) is 0 Å². The summed E-state index contributed by atoms with van der Waals surface area (Å²) in [6.45, 7) is 2.41. The average Bonchev–Trinajstić information content (AvgIpc) is 2.86. The van der Waals surface area contributed by atoms with Crippen LogP contribution in [0.15, 0.2) is 30.3 Å². The standard InChI is InChI=1S/C15H15F2NO2S/c1-9(10-2-5-13(16)14(17)6-10)18-8-12-4-3-11(21-12)7-15(19)20/h2-6,9,18H,7-8H2,1H3,(H,19,20). The number of hydrogen-bond acceptors (Lipinski definition) is 3. The van der Waals surface area contributed by atoms with E-state index < -0.39 is 17.6 Å². The number of carboxylic acid groups (broad SMARTS) is 1. The third kappa shape index (κ3) is 4.34. The summed E-state index contributed by atoms with van der Waals surface area (Å²) in [6, 6.07) is 7.35. The Bertz CT molecular complexity index is 642. The Labute approximate surface area is 125 Å². The van der Waals surface area contributed by atoms with Crippen molar-refractivity contribution in [1.29, 1.82) is 0 Å². The third-order valence-electron chi connectivity index (χ3n) is 3.07. The van der Waals surface area contributed by atoms with Crippen LogP contribution in [-0.2, 0) is 17.8 Å². The molecule has 0 aliphatic carbocycles. The second kappa shape index (κ2) is 6.78. The molecule has 6 heteroatoms. The van der Waals surface area contributed by atoms with Gasteiger partial charge in [0.2, 0.25) is 0 Å². The van der Waals surface area contributed by atoms with Crippen LogP contribution in [0.4, 0.5) is 8.78 Å². The van der Waals surface area contributed by atoms with E-state index in [-0.39, 0.29) is 12.5 Å². The van der Waals surface area contributed by atoms with Gasteiger partial charge in [0.05, 0.1) is 6.42 Å². The lowest BCUT2D eigenvalue weighted by molar-refractivity contribution is -0.136. The molecule has 0 amide bonds. The highest BCUT2D eigenvalue weighted by atomic mass is 32.1. The van der Waals surface area contributed by atoms with Gasteiger partial charge in [-0.2, -0.15) is 0 Å². The predicted molar refractivity (Wildman–Crippen MR) is 77.3 cm³/mol. The maximum Gasteiger partial charge on any atom is 0.308 e. The normalized spacial score (nSPS) is 12.3. The molecular formula is C15H15F2NO2S. The van der Waals surface area contributed by atoms with E-state index in [1.54, 1.807) is 12.1 Å². The Morgan fingerprint density at radius 3 is 2.62 bits per heavy atom. The van der Waals surface area contributed by atoms with Gasteiger partial charge in [0.25, 0.3) is 0 Å². The minimum Gasteiger partial charge on any atom is -0.481 e. The summed E-state index contributed by atoms with van der Waals surface area (Å²) in [6.07, 6.45) is 0.0173. The molecule has 112 valence electrons. The predicted octanol–water partition coefficient (Wildman–Crippen LogP) is 3.50. The highest BCUT2D eigenvalue weighted by Crippen LogP contribution is 2.20. The van der Waals surface area contributed by atoms with Crippen molar-refractivity contribution < 1.29 is 18.7 Å². The largest absolute Gasteiger partial charge is 0.481 e. The average molecular weight is 311 g/mol. The minimum atomic E-state index is -0.860. The van der Waals surface area contributed by atoms with Crippen molar-refractivity contribution in [3.63, 3.8) is 0 Å². The van der Waals surface area contributed by atoms with Gasteiger partial charge in [-0.1, -0.05) is 6.07 Å². The lowest BCUT2D eigenvalue weighted by atomic mass is 10.1. The fourth-order valence-electron chi connectivity index (χ4n) is 1.91. The lowest BCUT2D eigenvalue weighted by Gasteiger charge is -2.13. The Balaban J connectivity index is 1.94. The molecule has 2 aromatic rings. The van der Waals surface area contributed by atoms with Gasteiger partial charge in [-0.25, -0.2) is 8.78 Å². The summed E-state index contributed by atoms with van der Waals surface area (Å²) >= 11 is 1.43. The molecule has 1 aromatic carbocycles. The SMILES string of the molecule is CC(NCc1ccc(CC(=O)O)s1)c1ccc(F)c(F)c1. The van der Waals surface area contributed by atoms with Gasteiger partial charge >= 0.3 is 5.97 Å². The van der Waals surface area contributed by atoms with E-state index in [1.165, 1.54) is 17.4 Å². The molecule has 21 heavy (non-hydrogen) atoms. The molecular weight excluding hydrogens is 296 g/mol. The van der Waals surface area contributed by atoms with E-state index in [1.807, 2.05) is 13.0 Å². The molecule has 0 fully saturated rings. The van der Waals surface area contributed by atoms with Crippen molar-refractivity contribution in [2.75, 3.05) is 0 Å². The lowest BCUT2D eigenvalue weighted by Crippen LogP contribution is -2.17. The van der Waals surface area contributed by atoms with E-state index in [0.29, 0.717) is 12.1 Å². The van der Waals surface area contributed by atoms with Crippen molar-refractivity contribution in [3.8, 4) is 0 Å². The van der Waals surface area contributed by atoms with E-state index in [2.05, 4.69) is 5.32 Å². The Kier molecular flexibility index (Phi) is 5.03. The molecule has 1 aromatic heterocycles. The molecule has 2 N–H and O–H groups in total. The second-order valence-corrected chi connectivity index (χ2v) is 5.97. The van der Waals surface area contributed by atoms with Crippen LogP contribution in [-0.4, -0.2) is 11.1 Å². The third-order valence-corrected chi connectivity index (χ3v) is 4.15.